The summed E-state index contributed by atoms with van der Waals surface area (Å²) in [5.74, 6) is 0.876. The lowest BCUT2D eigenvalue weighted by Gasteiger charge is -2.27. The van der Waals surface area contributed by atoms with Gasteiger partial charge < -0.3 is 0 Å². The fraction of sp³-hybridized carbons (Fsp3) is 0.273. The van der Waals surface area contributed by atoms with Gasteiger partial charge in [0.25, 0.3) is 0 Å². The third kappa shape index (κ3) is 2.31. The molecule has 2 rings (SSSR count). The number of anilines is 1. The number of hydrogen-bond acceptors (Lipinski definition) is 3. The topological polar surface area (TPSA) is 20.3 Å². The zero-order valence-corrected chi connectivity index (χ0v) is 11.9. The Hall–Kier alpha value is -0.390. The van der Waals surface area contributed by atoms with Crippen LogP contribution in [-0.2, 0) is 4.79 Å². The number of hydrogen-bond donors (Lipinski definition) is 0. The molecule has 0 aromatic heterocycles. The highest BCUT2D eigenvalue weighted by atomic mass is 79.9. The van der Waals surface area contributed by atoms with E-state index in [2.05, 4.69) is 15.9 Å². The van der Waals surface area contributed by atoms with Crippen LogP contribution in [0, 0.1) is 6.92 Å². The van der Waals surface area contributed by atoms with Crippen molar-refractivity contribution in [3.8, 4) is 0 Å². The molecule has 1 amide bonds. The zero-order chi connectivity index (χ0) is 11.7. The molecule has 0 bridgehead atoms. The highest BCUT2D eigenvalue weighted by Crippen LogP contribution is 2.29. The first kappa shape index (κ1) is 12.1. The summed E-state index contributed by atoms with van der Waals surface area (Å²) >= 11 is 10.2. The summed E-state index contributed by atoms with van der Waals surface area (Å²) in [6.07, 6.45) is 0.552. The number of benzene rings is 1. The molecule has 1 saturated heterocycles. The van der Waals surface area contributed by atoms with Gasteiger partial charge in [0.1, 0.15) is 4.32 Å². The number of thiocarbonyl (C=S) groups is 1. The molecule has 16 heavy (non-hydrogen) atoms. The van der Waals surface area contributed by atoms with Crippen molar-refractivity contribution in [2.75, 3.05) is 10.7 Å². The Morgan fingerprint density at radius 3 is 2.88 bits per heavy atom. The Balaban J connectivity index is 2.38. The molecule has 0 N–H and O–H groups in total. The third-order valence-electron chi connectivity index (χ3n) is 2.39. The van der Waals surface area contributed by atoms with Crippen molar-refractivity contribution in [3.63, 3.8) is 0 Å². The van der Waals surface area contributed by atoms with Crippen LogP contribution >= 0.6 is 39.9 Å². The Labute approximate surface area is 113 Å². The van der Waals surface area contributed by atoms with E-state index in [9.17, 15) is 4.79 Å². The van der Waals surface area contributed by atoms with Gasteiger partial charge in [0, 0.05) is 16.6 Å². The van der Waals surface area contributed by atoms with E-state index in [4.69, 9.17) is 12.2 Å². The average Bonchev–Trinajstić information content (AvgIpc) is 2.23. The Morgan fingerprint density at radius 2 is 2.25 bits per heavy atom. The van der Waals surface area contributed by atoms with Gasteiger partial charge in [0.15, 0.2) is 0 Å². The standard InChI is InChI=1S/C11H10BrNOS2/c1-7-2-3-8(6-9(7)12)13-10(14)4-5-16-11(13)15/h2-3,6H,4-5H2,1H3. The molecule has 0 radical (unpaired) electrons. The second kappa shape index (κ2) is 4.85. The lowest BCUT2D eigenvalue weighted by molar-refractivity contribution is -0.117. The Morgan fingerprint density at radius 1 is 1.50 bits per heavy atom. The first-order valence-corrected chi connectivity index (χ1v) is 7.04. The van der Waals surface area contributed by atoms with Crippen molar-refractivity contribution in [3.05, 3.63) is 28.2 Å². The molecular formula is C11H10BrNOS2. The maximum atomic E-state index is 11.8. The number of thioether (sulfide) groups is 1. The van der Waals surface area contributed by atoms with E-state index in [-0.39, 0.29) is 5.91 Å². The number of nitrogens with zero attached hydrogens (tertiary/aromatic N) is 1. The monoisotopic (exact) mass is 315 g/mol. The van der Waals surface area contributed by atoms with Gasteiger partial charge in [-0.3, -0.25) is 9.69 Å². The van der Waals surface area contributed by atoms with Gasteiger partial charge in [-0.2, -0.15) is 0 Å². The third-order valence-corrected chi connectivity index (χ3v) is 4.62. The first-order chi connectivity index (χ1) is 7.59. The van der Waals surface area contributed by atoms with Gasteiger partial charge in [0.05, 0.1) is 5.69 Å². The van der Waals surface area contributed by atoms with E-state index in [1.165, 1.54) is 0 Å². The smallest absolute Gasteiger partial charge is 0.233 e. The minimum absolute atomic E-state index is 0.0829. The maximum Gasteiger partial charge on any atom is 0.233 e. The predicted molar refractivity (Wildman–Crippen MR) is 76.0 cm³/mol. The van der Waals surface area contributed by atoms with Crippen LogP contribution in [0.3, 0.4) is 0 Å². The normalized spacial score (nSPS) is 16.8. The Bertz CT molecular complexity index is 445. The van der Waals surface area contributed by atoms with E-state index in [1.807, 2.05) is 25.1 Å². The van der Waals surface area contributed by atoms with E-state index in [0.29, 0.717) is 10.7 Å². The van der Waals surface area contributed by atoms with Crippen LogP contribution in [0.4, 0.5) is 5.69 Å². The van der Waals surface area contributed by atoms with Gasteiger partial charge in [-0.25, -0.2) is 0 Å². The lowest BCUT2D eigenvalue weighted by Crippen LogP contribution is -2.37. The molecule has 0 aliphatic carbocycles. The van der Waals surface area contributed by atoms with E-state index in [1.54, 1.807) is 16.7 Å². The lowest BCUT2D eigenvalue weighted by atomic mass is 10.2. The van der Waals surface area contributed by atoms with Crippen molar-refractivity contribution in [1.82, 2.24) is 0 Å². The largest absolute Gasteiger partial charge is 0.274 e. The number of carbonyl (C=O) groups is 1. The maximum absolute atomic E-state index is 11.8. The number of amides is 1. The molecule has 0 saturated carbocycles. The molecule has 0 unspecified atom stereocenters. The quantitative estimate of drug-likeness (QED) is 0.740. The van der Waals surface area contributed by atoms with Crippen molar-refractivity contribution in [2.45, 2.75) is 13.3 Å². The molecule has 2 nitrogen and oxygen atoms in total. The van der Waals surface area contributed by atoms with Gasteiger partial charge in [0.2, 0.25) is 5.91 Å². The SMILES string of the molecule is Cc1ccc(N2C(=O)CCSC2=S)cc1Br. The van der Waals surface area contributed by atoms with Crippen molar-refractivity contribution < 1.29 is 4.79 Å². The molecule has 1 aliphatic rings. The molecule has 0 spiro atoms. The minimum Gasteiger partial charge on any atom is -0.274 e. The van der Waals surface area contributed by atoms with Crippen LogP contribution in [-0.4, -0.2) is 16.0 Å². The highest BCUT2D eigenvalue weighted by Gasteiger charge is 2.25. The van der Waals surface area contributed by atoms with Crippen LogP contribution in [0.25, 0.3) is 0 Å². The number of carbonyl (C=O) groups excluding carboxylic acids is 1. The van der Waals surface area contributed by atoms with Gasteiger partial charge >= 0.3 is 0 Å². The van der Waals surface area contributed by atoms with E-state index < -0.39 is 0 Å². The number of rotatable bonds is 1. The van der Waals surface area contributed by atoms with Crippen molar-refractivity contribution >= 4 is 55.8 Å². The molecule has 1 aliphatic heterocycles. The molecule has 84 valence electrons. The van der Waals surface area contributed by atoms with Crippen LogP contribution in [0.2, 0.25) is 0 Å². The molecule has 1 fully saturated rings. The molecule has 1 aromatic rings. The zero-order valence-electron chi connectivity index (χ0n) is 8.70. The van der Waals surface area contributed by atoms with Crippen LogP contribution in [0.1, 0.15) is 12.0 Å². The van der Waals surface area contributed by atoms with Crippen LogP contribution in [0.15, 0.2) is 22.7 Å². The number of aryl methyl sites for hydroxylation is 1. The summed E-state index contributed by atoms with van der Waals surface area (Å²) in [5.41, 5.74) is 1.99. The summed E-state index contributed by atoms with van der Waals surface area (Å²) in [4.78, 5) is 13.4. The van der Waals surface area contributed by atoms with Crippen molar-refractivity contribution in [1.29, 1.82) is 0 Å². The summed E-state index contributed by atoms with van der Waals surface area (Å²) in [7, 11) is 0. The van der Waals surface area contributed by atoms with E-state index >= 15 is 0 Å². The highest BCUT2D eigenvalue weighted by molar-refractivity contribution is 9.10. The van der Waals surface area contributed by atoms with Crippen molar-refractivity contribution in [2.24, 2.45) is 0 Å². The molecule has 1 heterocycles. The summed E-state index contributed by atoms with van der Waals surface area (Å²) in [5, 5.41) is 0. The average molecular weight is 316 g/mol. The van der Waals surface area contributed by atoms with Gasteiger partial charge in [-0.1, -0.05) is 46.0 Å². The molecule has 0 atom stereocenters. The summed E-state index contributed by atoms with van der Waals surface area (Å²) in [6.45, 7) is 2.01. The number of halogens is 1. The molecular weight excluding hydrogens is 306 g/mol. The minimum atomic E-state index is 0.0829. The first-order valence-electron chi connectivity index (χ1n) is 4.85. The van der Waals surface area contributed by atoms with Crippen LogP contribution < -0.4 is 4.90 Å². The second-order valence-electron chi connectivity index (χ2n) is 3.53. The fourth-order valence-electron chi connectivity index (χ4n) is 1.47. The molecule has 1 aromatic carbocycles. The second-order valence-corrected chi connectivity index (χ2v) is 6.11. The summed E-state index contributed by atoms with van der Waals surface area (Å²) in [6, 6.07) is 5.84. The Kier molecular flexibility index (Phi) is 3.66. The van der Waals surface area contributed by atoms with Gasteiger partial charge in [-0.05, 0) is 24.6 Å². The summed E-state index contributed by atoms with van der Waals surface area (Å²) < 4.78 is 1.64. The predicted octanol–water partition coefficient (Wildman–Crippen LogP) is 3.51. The fourth-order valence-corrected chi connectivity index (χ4v) is 3.09. The van der Waals surface area contributed by atoms with Gasteiger partial charge in [-0.15, -0.1) is 0 Å². The van der Waals surface area contributed by atoms with E-state index in [0.717, 1.165) is 21.5 Å². The van der Waals surface area contributed by atoms with Crippen LogP contribution in [0.5, 0.6) is 0 Å². The molecule has 5 heteroatoms.